The zero-order valence-electron chi connectivity index (χ0n) is 17.1. The molecule has 14 heteroatoms. The Bertz CT molecular complexity index is 1170. The second kappa shape index (κ2) is 10.2. The lowest BCUT2D eigenvalue weighted by atomic mass is 10.1. The van der Waals surface area contributed by atoms with Crippen LogP contribution in [-0.4, -0.2) is 31.4 Å². The maximum absolute atomic E-state index is 12.4. The molecule has 0 aliphatic heterocycles. The van der Waals surface area contributed by atoms with Gasteiger partial charge in [-0.15, -0.1) is 0 Å². The van der Waals surface area contributed by atoms with Gasteiger partial charge >= 0.3 is 15.6 Å². The number of anilines is 2. The molecule has 3 aromatic rings. The second-order valence-electron chi connectivity index (χ2n) is 6.70. The summed E-state index contributed by atoms with van der Waals surface area (Å²) in [6.07, 6.45) is 0. The number of phosphoric acid groups is 2. The molecule has 12 nitrogen and oxygen atoms in total. The highest BCUT2D eigenvalue weighted by Gasteiger charge is 2.17. The van der Waals surface area contributed by atoms with Crippen molar-refractivity contribution >= 4 is 38.8 Å². The Morgan fingerprint density at radius 2 is 0.853 bits per heavy atom. The molecule has 0 aromatic heterocycles. The van der Waals surface area contributed by atoms with Crippen LogP contribution in [-0.2, 0) is 9.13 Å². The predicted molar refractivity (Wildman–Crippen MR) is 121 cm³/mol. The molecular formula is C20H18N2O10P2. The minimum Gasteiger partial charge on any atom is -0.404 e. The summed E-state index contributed by atoms with van der Waals surface area (Å²) in [5, 5.41) is 5.20. The zero-order valence-corrected chi connectivity index (χ0v) is 18.8. The number of hydrogen-bond acceptors (Lipinski definition) is 6. The lowest BCUT2D eigenvalue weighted by Crippen LogP contribution is -2.14. The summed E-state index contributed by atoms with van der Waals surface area (Å²) in [6, 6.07) is 16.5. The minimum atomic E-state index is -4.68. The number of phosphoric ester groups is 2. The lowest BCUT2D eigenvalue weighted by Gasteiger charge is -2.10. The third kappa shape index (κ3) is 7.82. The van der Waals surface area contributed by atoms with E-state index >= 15 is 0 Å². The molecule has 0 aliphatic carbocycles. The third-order valence-corrected chi connectivity index (χ3v) is 4.98. The maximum Gasteiger partial charge on any atom is 0.524 e. The Hall–Kier alpha value is -3.50. The van der Waals surface area contributed by atoms with Gasteiger partial charge < -0.3 is 19.7 Å². The standard InChI is InChI=1S/C20H18N2O10P2/c23-19(21-15-5-9-17(10-6-15)31-33(25,26)27)13-1-2-14(4-3-13)20(24)22-16-7-11-18(12-8-16)32-34(28,29)30/h1-12H,(H,21,23)(H,22,24)(H2,25,26,27)(H2,28,29,30). The highest BCUT2D eigenvalue weighted by molar-refractivity contribution is 7.47. The summed E-state index contributed by atoms with van der Waals surface area (Å²) in [5.74, 6) is -1.08. The van der Waals surface area contributed by atoms with Crippen molar-refractivity contribution in [1.82, 2.24) is 0 Å². The fourth-order valence-electron chi connectivity index (χ4n) is 2.65. The number of rotatable bonds is 8. The van der Waals surface area contributed by atoms with Crippen molar-refractivity contribution in [2.75, 3.05) is 10.6 Å². The number of carbonyl (C=O) groups excluding carboxylic acids is 2. The largest absolute Gasteiger partial charge is 0.524 e. The van der Waals surface area contributed by atoms with Crippen LogP contribution in [0.2, 0.25) is 0 Å². The van der Waals surface area contributed by atoms with E-state index in [0.717, 1.165) is 0 Å². The number of carbonyl (C=O) groups is 2. The molecule has 0 aliphatic rings. The first-order valence-electron chi connectivity index (χ1n) is 9.31. The van der Waals surface area contributed by atoms with E-state index in [1.165, 1.54) is 72.8 Å². The molecule has 3 aromatic carbocycles. The van der Waals surface area contributed by atoms with Gasteiger partial charge in [-0.3, -0.25) is 29.2 Å². The van der Waals surface area contributed by atoms with E-state index in [1.54, 1.807) is 0 Å². The van der Waals surface area contributed by atoms with Gasteiger partial charge in [-0.1, -0.05) is 0 Å². The molecule has 6 N–H and O–H groups in total. The average Bonchev–Trinajstić information content (AvgIpc) is 2.74. The van der Waals surface area contributed by atoms with Crippen LogP contribution < -0.4 is 19.7 Å². The van der Waals surface area contributed by atoms with Gasteiger partial charge in [0.05, 0.1) is 0 Å². The molecular weight excluding hydrogens is 490 g/mol. The van der Waals surface area contributed by atoms with Crippen LogP contribution in [0.25, 0.3) is 0 Å². The monoisotopic (exact) mass is 508 g/mol. The number of hydrogen-bond donors (Lipinski definition) is 6. The summed E-state index contributed by atoms with van der Waals surface area (Å²) in [7, 11) is -9.36. The quantitative estimate of drug-likeness (QED) is 0.246. The highest BCUT2D eigenvalue weighted by Crippen LogP contribution is 2.38. The van der Waals surface area contributed by atoms with E-state index in [1.807, 2.05) is 0 Å². The molecule has 0 fully saturated rings. The van der Waals surface area contributed by atoms with E-state index in [9.17, 15) is 18.7 Å². The lowest BCUT2D eigenvalue weighted by molar-refractivity contribution is 0.101. The summed E-state index contributed by atoms with van der Waals surface area (Å²) in [4.78, 5) is 59.9. The van der Waals surface area contributed by atoms with Gasteiger partial charge in [0.2, 0.25) is 0 Å². The predicted octanol–water partition coefficient (Wildman–Crippen LogP) is 3.13. The second-order valence-corrected chi connectivity index (χ2v) is 9.03. The smallest absolute Gasteiger partial charge is 0.404 e. The van der Waals surface area contributed by atoms with Crippen LogP contribution in [0.1, 0.15) is 20.7 Å². The Morgan fingerprint density at radius 3 is 1.12 bits per heavy atom. The normalized spacial score (nSPS) is 11.4. The molecule has 0 saturated carbocycles. The molecule has 0 heterocycles. The van der Waals surface area contributed by atoms with Gasteiger partial charge in [-0.2, -0.15) is 0 Å². The third-order valence-electron chi connectivity index (χ3n) is 4.08. The van der Waals surface area contributed by atoms with E-state index in [0.29, 0.717) is 11.4 Å². The fourth-order valence-corrected chi connectivity index (χ4v) is 3.45. The Kier molecular flexibility index (Phi) is 7.53. The summed E-state index contributed by atoms with van der Waals surface area (Å²) < 4.78 is 30.5. The first-order valence-corrected chi connectivity index (χ1v) is 12.4. The van der Waals surface area contributed by atoms with E-state index in [4.69, 9.17) is 19.6 Å². The van der Waals surface area contributed by atoms with Gasteiger partial charge in [0.1, 0.15) is 11.5 Å². The van der Waals surface area contributed by atoms with Crippen molar-refractivity contribution in [2.24, 2.45) is 0 Å². The molecule has 2 amide bonds. The van der Waals surface area contributed by atoms with Crippen LogP contribution in [0.4, 0.5) is 11.4 Å². The van der Waals surface area contributed by atoms with E-state index < -0.39 is 27.5 Å². The van der Waals surface area contributed by atoms with Gasteiger partial charge in [0.25, 0.3) is 11.8 Å². The maximum atomic E-state index is 12.4. The first-order chi connectivity index (χ1) is 15.9. The van der Waals surface area contributed by atoms with Crippen molar-refractivity contribution in [3.05, 3.63) is 83.9 Å². The van der Waals surface area contributed by atoms with Crippen molar-refractivity contribution in [3.8, 4) is 11.5 Å². The number of amides is 2. The average molecular weight is 508 g/mol. The number of nitrogens with one attached hydrogen (secondary N) is 2. The van der Waals surface area contributed by atoms with Gasteiger partial charge in [-0.25, -0.2) is 9.13 Å². The van der Waals surface area contributed by atoms with Crippen molar-refractivity contribution < 1.29 is 47.3 Å². The van der Waals surface area contributed by atoms with Gasteiger partial charge in [0, 0.05) is 22.5 Å². The van der Waals surface area contributed by atoms with E-state index in [-0.39, 0.29) is 22.6 Å². The summed E-state index contributed by atoms with van der Waals surface area (Å²) in [6.45, 7) is 0. The molecule has 34 heavy (non-hydrogen) atoms. The first kappa shape index (κ1) is 25.1. The minimum absolute atomic E-state index is 0.0642. The SMILES string of the molecule is O=C(Nc1ccc(OP(=O)(O)O)cc1)c1ccc(C(=O)Nc2ccc(OP(=O)(O)O)cc2)cc1. The van der Waals surface area contributed by atoms with Crippen molar-refractivity contribution in [1.29, 1.82) is 0 Å². The van der Waals surface area contributed by atoms with Crippen LogP contribution in [0.5, 0.6) is 11.5 Å². The Morgan fingerprint density at radius 1 is 0.559 bits per heavy atom. The molecule has 0 unspecified atom stereocenters. The fraction of sp³-hybridized carbons (Fsp3) is 0. The topological polar surface area (TPSA) is 192 Å². The van der Waals surface area contributed by atoms with Crippen LogP contribution in [0.15, 0.2) is 72.8 Å². The van der Waals surface area contributed by atoms with Crippen molar-refractivity contribution in [3.63, 3.8) is 0 Å². The summed E-state index contributed by atoms with van der Waals surface area (Å²) >= 11 is 0. The molecule has 0 bridgehead atoms. The molecule has 0 saturated heterocycles. The van der Waals surface area contributed by atoms with E-state index in [2.05, 4.69) is 19.7 Å². The van der Waals surface area contributed by atoms with Crippen LogP contribution >= 0.6 is 15.6 Å². The van der Waals surface area contributed by atoms with Crippen LogP contribution in [0.3, 0.4) is 0 Å². The molecule has 178 valence electrons. The molecule has 0 spiro atoms. The van der Waals surface area contributed by atoms with Gasteiger partial charge in [-0.05, 0) is 72.8 Å². The Balaban J connectivity index is 1.58. The molecule has 0 radical (unpaired) electrons. The summed E-state index contributed by atoms with van der Waals surface area (Å²) in [5.41, 5.74) is 1.23. The molecule has 3 rings (SSSR count). The van der Waals surface area contributed by atoms with Crippen molar-refractivity contribution in [2.45, 2.75) is 0 Å². The molecule has 0 atom stereocenters. The number of benzene rings is 3. The van der Waals surface area contributed by atoms with Gasteiger partial charge in [0.15, 0.2) is 0 Å². The van der Waals surface area contributed by atoms with Crippen LogP contribution in [0, 0.1) is 0 Å². The highest BCUT2D eigenvalue weighted by atomic mass is 31.2. The Labute approximate surface area is 192 Å². The zero-order chi connectivity index (χ0) is 24.9.